The molecule has 0 bridgehead atoms. The highest BCUT2D eigenvalue weighted by Gasteiger charge is 2.28. The van der Waals surface area contributed by atoms with E-state index >= 15 is 0 Å². The summed E-state index contributed by atoms with van der Waals surface area (Å²) in [6, 6.07) is 8.16. The van der Waals surface area contributed by atoms with Crippen LogP contribution >= 0.6 is 23.1 Å². The molecule has 1 heterocycles. The van der Waals surface area contributed by atoms with Gasteiger partial charge in [-0.05, 0) is 31.9 Å². The van der Waals surface area contributed by atoms with Gasteiger partial charge in [0.15, 0.2) is 4.34 Å². The number of thiazole rings is 1. The third-order valence-electron chi connectivity index (χ3n) is 3.24. The quantitative estimate of drug-likeness (QED) is 0.480. The second kappa shape index (κ2) is 7.24. The first-order valence-electron chi connectivity index (χ1n) is 6.88. The van der Waals surface area contributed by atoms with E-state index < -0.39 is 5.54 Å². The largest absolute Gasteiger partial charge is 0.468 e. The van der Waals surface area contributed by atoms with Crippen LogP contribution in [0.15, 0.2) is 28.6 Å². The van der Waals surface area contributed by atoms with Crippen molar-refractivity contribution in [2.45, 2.75) is 36.1 Å². The Morgan fingerprint density at radius 1 is 1.43 bits per heavy atom. The first-order valence-corrected chi connectivity index (χ1v) is 8.69. The van der Waals surface area contributed by atoms with Crippen molar-refractivity contribution in [1.29, 1.82) is 0 Å². The Kier molecular flexibility index (Phi) is 5.61. The molecule has 21 heavy (non-hydrogen) atoms. The van der Waals surface area contributed by atoms with Crippen molar-refractivity contribution in [3.05, 3.63) is 24.3 Å². The Morgan fingerprint density at radius 2 is 2.19 bits per heavy atom. The summed E-state index contributed by atoms with van der Waals surface area (Å²) < 4.78 is 7.02. The zero-order valence-electron chi connectivity index (χ0n) is 12.3. The Bertz CT molecular complexity index is 577. The van der Waals surface area contributed by atoms with Crippen LogP contribution in [0.25, 0.3) is 10.2 Å². The van der Waals surface area contributed by atoms with E-state index in [2.05, 4.69) is 11.1 Å². The second-order valence-electron chi connectivity index (χ2n) is 5.16. The summed E-state index contributed by atoms with van der Waals surface area (Å²) in [4.78, 5) is 16.0. The van der Waals surface area contributed by atoms with E-state index in [1.54, 1.807) is 30.0 Å². The standard InChI is InChI=1S/C15H20N2O2S2/c1-15(16,13(18)19-2)9-5-6-10-20-14-17-11-7-3-4-8-12(11)21-14/h3-4,7-8H,5-6,9-10,16H2,1-2H3. The first-order chi connectivity index (χ1) is 10.0. The number of carbonyl (C=O) groups is 1. The second-order valence-corrected chi connectivity index (χ2v) is 7.53. The van der Waals surface area contributed by atoms with Gasteiger partial charge in [-0.2, -0.15) is 0 Å². The molecule has 1 aromatic heterocycles. The van der Waals surface area contributed by atoms with Crippen LogP contribution in [0.5, 0.6) is 0 Å². The van der Waals surface area contributed by atoms with Crippen molar-refractivity contribution >= 4 is 39.3 Å². The van der Waals surface area contributed by atoms with E-state index in [9.17, 15) is 4.79 Å². The molecule has 0 amide bonds. The maximum Gasteiger partial charge on any atom is 0.325 e. The van der Waals surface area contributed by atoms with E-state index in [0.29, 0.717) is 6.42 Å². The average Bonchev–Trinajstić information content (AvgIpc) is 2.88. The van der Waals surface area contributed by atoms with Gasteiger partial charge in [0, 0.05) is 5.75 Å². The van der Waals surface area contributed by atoms with Crippen molar-refractivity contribution in [3.8, 4) is 0 Å². The fraction of sp³-hybridized carbons (Fsp3) is 0.467. The Hall–Kier alpha value is -1.11. The molecule has 4 nitrogen and oxygen atoms in total. The number of nitrogens with zero attached hydrogens (tertiary/aromatic N) is 1. The van der Waals surface area contributed by atoms with Crippen LogP contribution in [0, 0.1) is 0 Å². The maximum absolute atomic E-state index is 11.5. The molecule has 6 heteroatoms. The lowest BCUT2D eigenvalue weighted by atomic mass is 9.97. The normalized spacial score (nSPS) is 14.0. The molecule has 0 aliphatic heterocycles. The van der Waals surface area contributed by atoms with Gasteiger partial charge in [-0.15, -0.1) is 11.3 Å². The van der Waals surface area contributed by atoms with E-state index in [1.165, 1.54) is 11.8 Å². The van der Waals surface area contributed by atoms with Crippen molar-refractivity contribution in [2.75, 3.05) is 12.9 Å². The fourth-order valence-corrected chi connectivity index (χ4v) is 4.14. The third kappa shape index (κ3) is 4.43. The monoisotopic (exact) mass is 324 g/mol. The van der Waals surface area contributed by atoms with Crippen LogP contribution in [-0.4, -0.2) is 29.4 Å². The number of aromatic nitrogens is 1. The number of fused-ring (bicyclic) bond motifs is 1. The molecule has 0 saturated heterocycles. The number of benzene rings is 1. The summed E-state index contributed by atoms with van der Waals surface area (Å²) in [6.45, 7) is 1.72. The highest BCUT2D eigenvalue weighted by molar-refractivity contribution is 8.01. The topological polar surface area (TPSA) is 65.2 Å². The number of esters is 1. The zero-order chi connectivity index (χ0) is 15.3. The molecule has 114 valence electrons. The van der Waals surface area contributed by atoms with Crippen molar-refractivity contribution in [1.82, 2.24) is 4.98 Å². The van der Waals surface area contributed by atoms with Gasteiger partial charge < -0.3 is 10.5 Å². The van der Waals surface area contributed by atoms with Crippen LogP contribution in [-0.2, 0) is 9.53 Å². The highest BCUT2D eigenvalue weighted by atomic mass is 32.2. The number of methoxy groups -OCH3 is 1. The van der Waals surface area contributed by atoms with Gasteiger partial charge in [-0.3, -0.25) is 4.79 Å². The van der Waals surface area contributed by atoms with E-state index in [0.717, 1.165) is 28.5 Å². The molecule has 1 unspecified atom stereocenters. The first kappa shape index (κ1) is 16.3. The number of hydrogen-bond acceptors (Lipinski definition) is 6. The van der Waals surface area contributed by atoms with Crippen LogP contribution in [0.4, 0.5) is 0 Å². The average molecular weight is 324 g/mol. The Balaban J connectivity index is 1.74. The molecule has 2 rings (SSSR count). The number of hydrogen-bond donors (Lipinski definition) is 1. The maximum atomic E-state index is 11.5. The summed E-state index contributed by atoms with van der Waals surface area (Å²) in [6.07, 6.45) is 2.55. The van der Waals surface area contributed by atoms with Crippen LogP contribution in [0.2, 0.25) is 0 Å². The number of unbranched alkanes of at least 4 members (excludes halogenated alkanes) is 1. The molecule has 0 saturated carbocycles. The lowest BCUT2D eigenvalue weighted by molar-refractivity contribution is -0.146. The minimum Gasteiger partial charge on any atom is -0.468 e. The lowest BCUT2D eigenvalue weighted by Gasteiger charge is -2.20. The molecule has 1 aromatic carbocycles. The predicted molar refractivity (Wildman–Crippen MR) is 88.8 cm³/mol. The molecule has 2 aromatic rings. The minimum absolute atomic E-state index is 0.346. The molecular weight excluding hydrogens is 304 g/mol. The lowest BCUT2D eigenvalue weighted by Crippen LogP contribution is -2.45. The van der Waals surface area contributed by atoms with Gasteiger partial charge in [-0.25, -0.2) is 4.98 Å². The number of carbonyl (C=O) groups excluding carboxylic acids is 1. The van der Waals surface area contributed by atoms with Crippen LogP contribution in [0.1, 0.15) is 26.2 Å². The molecule has 0 aliphatic carbocycles. The predicted octanol–water partition coefficient (Wildman–Crippen LogP) is 3.45. The number of ether oxygens (including phenoxy) is 1. The van der Waals surface area contributed by atoms with Crippen LogP contribution in [0.3, 0.4) is 0 Å². The van der Waals surface area contributed by atoms with Gasteiger partial charge in [0.1, 0.15) is 5.54 Å². The summed E-state index contributed by atoms with van der Waals surface area (Å²) >= 11 is 3.48. The molecule has 0 spiro atoms. The number of nitrogens with two attached hydrogens (primary N) is 1. The third-order valence-corrected chi connectivity index (χ3v) is 5.51. The molecule has 0 fully saturated rings. The molecule has 2 N–H and O–H groups in total. The SMILES string of the molecule is COC(=O)C(C)(N)CCCCSc1nc2ccccc2s1. The van der Waals surface area contributed by atoms with Gasteiger partial charge in [-0.1, -0.05) is 30.3 Å². The summed E-state index contributed by atoms with van der Waals surface area (Å²) in [5, 5.41) is 0. The number of thioether (sulfide) groups is 1. The van der Waals surface area contributed by atoms with E-state index in [-0.39, 0.29) is 5.97 Å². The zero-order valence-corrected chi connectivity index (χ0v) is 13.9. The molecule has 0 radical (unpaired) electrons. The molecular formula is C15H20N2O2S2. The molecule has 0 aliphatic rings. The van der Waals surface area contributed by atoms with E-state index in [4.69, 9.17) is 10.5 Å². The van der Waals surface area contributed by atoms with Crippen LogP contribution < -0.4 is 5.73 Å². The minimum atomic E-state index is -0.880. The summed E-state index contributed by atoms with van der Waals surface area (Å²) in [7, 11) is 1.37. The van der Waals surface area contributed by atoms with Gasteiger partial charge in [0.2, 0.25) is 0 Å². The molecule has 1 atom stereocenters. The fourth-order valence-electron chi connectivity index (χ4n) is 2.00. The number of rotatable bonds is 7. The van der Waals surface area contributed by atoms with Gasteiger partial charge in [0.05, 0.1) is 17.3 Å². The summed E-state index contributed by atoms with van der Waals surface area (Å²) in [5.74, 6) is 0.637. The van der Waals surface area contributed by atoms with Crippen molar-refractivity contribution in [2.24, 2.45) is 5.73 Å². The number of para-hydroxylation sites is 1. The smallest absolute Gasteiger partial charge is 0.325 e. The van der Waals surface area contributed by atoms with Gasteiger partial charge in [0.25, 0.3) is 0 Å². The highest BCUT2D eigenvalue weighted by Crippen LogP contribution is 2.30. The van der Waals surface area contributed by atoms with E-state index in [1.807, 2.05) is 18.2 Å². The summed E-state index contributed by atoms with van der Waals surface area (Å²) in [5.41, 5.74) is 6.10. The van der Waals surface area contributed by atoms with Crippen molar-refractivity contribution in [3.63, 3.8) is 0 Å². The van der Waals surface area contributed by atoms with Crippen molar-refractivity contribution < 1.29 is 9.53 Å². The van der Waals surface area contributed by atoms with Gasteiger partial charge >= 0.3 is 5.97 Å². The Labute approximate surface area is 133 Å². The Morgan fingerprint density at radius 3 is 2.90 bits per heavy atom.